The number of aromatic nitrogens is 4. The fourth-order valence-corrected chi connectivity index (χ4v) is 2.72. The summed E-state index contributed by atoms with van der Waals surface area (Å²) in [6, 6.07) is 11.8. The molecule has 0 unspecified atom stereocenters. The Kier molecular flexibility index (Phi) is 5.77. The molecule has 148 valence electrons. The first-order valence-electron chi connectivity index (χ1n) is 8.98. The van der Waals surface area contributed by atoms with E-state index < -0.39 is 5.54 Å². The lowest BCUT2D eigenvalue weighted by Gasteiger charge is -2.15. The highest BCUT2D eigenvalue weighted by Gasteiger charge is 2.21. The number of nitrogens with zero attached hydrogens (tertiary/aromatic N) is 4. The maximum absolute atomic E-state index is 13.5. The van der Waals surface area contributed by atoms with Gasteiger partial charge in [-0.2, -0.15) is 4.80 Å². The topological polar surface area (TPSA) is 60.7 Å². The second-order valence-electron chi connectivity index (χ2n) is 7.37. The van der Waals surface area contributed by atoms with Gasteiger partial charge in [-0.05, 0) is 73.5 Å². The van der Waals surface area contributed by atoms with Crippen molar-refractivity contribution in [3.63, 3.8) is 0 Å². The molecule has 2 aromatic carbocycles. The minimum Gasteiger partial charge on any atom is -0.299 e. The molecule has 0 fully saturated rings. The molecule has 0 aliphatic heterocycles. The summed E-state index contributed by atoms with van der Waals surface area (Å²) in [7, 11) is 0. The average molecular weight is 394 g/mol. The number of carbonyl (C=O) groups excluding carboxylic acids is 1. The Labute approximate surface area is 167 Å². The van der Waals surface area contributed by atoms with Gasteiger partial charge in [0.1, 0.15) is 17.9 Å². The summed E-state index contributed by atoms with van der Waals surface area (Å²) in [5.41, 5.74) is 2.06. The molecule has 0 amide bonds. The van der Waals surface area contributed by atoms with Crippen molar-refractivity contribution in [2.24, 2.45) is 0 Å². The monoisotopic (exact) mass is 394 g/mol. The molecule has 0 saturated carbocycles. The number of hydrogen-bond donors (Lipinski definition) is 0. The van der Waals surface area contributed by atoms with Crippen molar-refractivity contribution < 1.29 is 13.6 Å². The van der Waals surface area contributed by atoms with Crippen LogP contribution in [0.1, 0.15) is 37.7 Å². The maximum Gasteiger partial charge on any atom is 0.205 e. The summed E-state index contributed by atoms with van der Waals surface area (Å²) < 4.78 is 27.0. The molecule has 0 radical (unpaired) electrons. The van der Waals surface area contributed by atoms with Crippen LogP contribution in [0.4, 0.5) is 8.78 Å². The van der Waals surface area contributed by atoms with Crippen molar-refractivity contribution >= 4 is 17.4 Å². The minimum atomic E-state index is -0.392. The normalized spacial score (nSPS) is 11.6. The van der Waals surface area contributed by atoms with Gasteiger partial charge in [0.05, 0.1) is 5.54 Å². The number of halogens is 2. The number of rotatable bonds is 5. The van der Waals surface area contributed by atoms with Gasteiger partial charge < -0.3 is 0 Å². The van der Waals surface area contributed by atoms with E-state index in [0.29, 0.717) is 34.4 Å². The van der Waals surface area contributed by atoms with Crippen molar-refractivity contribution in [3.05, 3.63) is 89.3 Å². The van der Waals surface area contributed by atoms with Crippen molar-refractivity contribution in [2.45, 2.75) is 26.3 Å². The number of hydrogen-bond acceptors (Lipinski definition) is 4. The third kappa shape index (κ3) is 4.68. The van der Waals surface area contributed by atoms with Crippen molar-refractivity contribution in [1.82, 2.24) is 20.2 Å². The molecule has 3 aromatic rings. The highest BCUT2D eigenvalue weighted by molar-refractivity contribution is 6.01. The van der Waals surface area contributed by atoms with Gasteiger partial charge in [-0.3, -0.25) is 4.79 Å². The summed E-state index contributed by atoms with van der Waals surface area (Å²) in [6.07, 6.45) is 3.53. The summed E-state index contributed by atoms with van der Waals surface area (Å²) in [5.74, 6) is -0.468. The van der Waals surface area contributed by atoms with E-state index >= 15 is 0 Å². The molecule has 0 aliphatic carbocycles. The van der Waals surface area contributed by atoms with Gasteiger partial charge >= 0.3 is 0 Å². The second kappa shape index (κ2) is 8.26. The number of tetrazole rings is 1. The predicted octanol–water partition coefficient (Wildman–Crippen LogP) is 4.42. The highest BCUT2D eigenvalue weighted by atomic mass is 19.1. The zero-order valence-electron chi connectivity index (χ0n) is 16.3. The zero-order valence-corrected chi connectivity index (χ0v) is 16.3. The molecular formula is C22H20F2N4O. The fourth-order valence-electron chi connectivity index (χ4n) is 2.72. The summed E-state index contributed by atoms with van der Waals surface area (Å²) in [6.45, 7) is 5.80. The lowest BCUT2D eigenvalue weighted by Crippen LogP contribution is -2.24. The molecule has 0 atom stereocenters. The van der Waals surface area contributed by atoms with E-state index in [1.807, 2.05) is 20.8 Å². The molecule has 0 spiro atoms. The van der Waals surface area contributed by atoms with E-state index in [1.54, 1.807) is 30.3 Å². The van der Waals surface area contributed by atoms with Crippen LogP contribution in [0.5, 0.6) is 0 Å². The summed E-state index contributed by atoms with van der Waals surface area (Å²) in [4.78, 5) is 12.5. The van der Waals surface area contributed by atoms with Gasteiger partial charge in [-0.25, -0.2) is 8.78 Å². The molecule has 0 saturated heterocycles. The van der Waals surface area contributed by atoms with Gasteiger partial charge in [-0.1, -0.05) is 24.3 Å². The number of allylic oxidation sites excluding steroid dienone is 3. The van der Waals surface area contributed by atoms with E-state index in [1.165, 1.54) is 35.1 Å². The molecule has 0 aliphatic rings. The smallest absolute Gasteiger partial charge is 0.205 e. The van der Waals surface area contributed by atoms with Crippen molar-refractivity contribution in [1.29, 1.82) is 0 Å². The molecule has 0 bridgehead atoms. The largest absolute Gasteiger partial charge is 0.299 e. The first-order chi connectivity index (χ1) is 13.8. The third-order valence-corrected chi connectivity index (χ3v) is 4.13. The minimum absolute atomic E-state index is 0.293. The number of benzene rings is 2. The Balaban J connectivity index is 2.31. The standard InChI is InChI=1S/C22H20F2N4O/c1-22(2,3)28-26-21(25-27-28)19(5-4-14-29)20(15-6-10-17(23)11-7-15)16-8-12-18(24)13-9-16/h4-14H,1-3H3. The maximum atomic E-state index is 13.5. The molecule has 29 heavy (non-hydrogen) atoms. The van der Waals surface area contributed by atoms with Crippen LogP contribution in [0.25, 0.3) is 11.1 Å². The van der Waals surface area contributed by atoms with Crippen LogP contribution in [0.3, 0.4) is 0 Å². The van der Waals surface area contributed by atoms with Gasteiger partial charge in [0.2, 0.25) is 5.82 Å². The van der Waals surface area contributed by atoms with E-state index in [9.17, 15) is 13.6 Å². The predicted molar refractivity (Wildman–Crippen MR) is 107 cm³/mol. The Morgan fingerprint density at radius 1 is 0.931 bits per heavy atom. The molecule has 0 N–H and O–H groups in total. The number of carbonyl (C=O) groups is 1. The van der Waals surface area contributed by atoms with Crippen molar-refractivity contribution in [3.8, 4) is 0 Å². The first-order valence-corrected chi connectivity index (χ1v) is 8.98. The summed E-state index contributed by atoms with van der Waals surface area (Å²) >= 11 is 0. The van der Waals surface area contributed by atoms with E-state index in [0.717, 1.165) is 0 Å². The first kappa shape index (κ1) is 20.3. The second-order valence-corrected chi connectivity index (χ2v) is 7.37. The lowest BCUT2D eigenvalue weighted by molar-refractivity contribution is -0.104. The molecular weight excluding hydrogens is 374 g/mol. The third-order valence-electron chi connectivity index (χ3n) is 4.13. The Morgan fingerprint density at radius 3 is 1.86 bits per heavy atom. The van der Waals surface area contributed by atoms with E-state index in [4.69, 9.17) is 0 Å². The molecule has 5 nitrogen and oxygen atoms in total. The van der Waals surface area contributed by atoms with Crippen LogP contribution in [-0.4, -0.2) is 26.5 Å². The van der Waals surface area contributed by atoms with Crippen LogP contribution in [0.2, 0.25) is 0 Å². The van der Waals surface area contributed by atoms with Gasteiger partial charge in [-0.15, -0.1) is 10.2 Å². The zero-order chi connectivity index (χ0) is 21.0. The lowest BCUT2D eigenvalue weighted by atomic mass is 9.92. The molecule has 1 aromatic heterocycles. The quantitative estimate of drug-likeness (QED) is 0.365. The van der Waals surface area contributed by atoms with Crippen LogP contribution < -0.4 is 0 Å². The highest BCUT2D eigenvalue weighted by Crippen LogP contribution is 2.32. The Bertz CT molecular complexity index is 1010. The van der Waals surface area contributed by atoms with E-state index in [2.05, 4.69) is 15.4 Å². The molecule has 3 rings (SSSR count). The summed E-state index contributed by atoms with van der Waals surface area (Å²) in [5, 5.41) is 12.7. The van der Waals surface area contributed by atoms with Gasteiger partial charge in [0.15, 0.2) is 0 Å². The van der Waals surface area contributed by atoms with E-state index in [-0.39, 0.29) is 11.6 Å². The fraction of sp³-hybridized carbons (Fsp3) is 0.182. The SMILES string of the molecule is CC(C)(C)n1nnc(C(C=CC=O)=C(c2ccc(F)cc2)c2ccc(F)cc2)n1. The Morgan fingerprint density at radius 2 is 1.45 bits per heavy atom. The van der Waals surface area contributed by atoms with Crippen molar-refractivity contribution in [2.75, 3.05) is 0 Å². The van der Waals surface area contributed by atoms with Crippen LogP contribution in [0, 0.1) is 11.6 Å². The Hall–Kier alpha value is -3.48. The van der Waals surface area contributed by atoms with Gasteiger partial charge in [0.25, 0.3) is 0 Å². The molecule has 7 heteroatoms. The van der Waals surface area contributed by atoms with Crippen LogP contribution in [0.15, 0.2) is 60.7 Å². The molecule has 1 heterocycles. The van der Waals surface area contributed by atoms with Gasteiger partial charge in [0, 0.05) is 11.1 Å². The average Bonchev–Trinajstić information content (AvgIpc) is 3.18. The van der Waals surface area contributed by atoms with Crippen LogP contribution >= 0.6 is 0 Å². The van der Waals surface area contributed by atoms with Crippen LogP contribution in [-0.2, 0) is 10.3 Å². The number of aldehydes is 1.